The molecular weight excluding hydrogens is 266 g/mol. The van der Waals surface area contributed by atoms with Gasteiger partial charge >= 0.3 is 11.9 Å². The molecule has 1 amide bonds. The van der Waals surface area contributed by atoms with Crippen LogP contribution in [0.15, 0.2) is 23.1 Å². The number of hydrogen-bond donors (Lipinski definition) is 0. The van der Waals surface area contributed by atoms with Crippen molar-refractivity contribution in [3.8, 4) is 5.75 Å². The summed E-state index contributed by atoms with van der Waals surface area (Å²) >= 11 is 1.64. The summed E-state index contributed by atoms with van der Waals surface area (Å²) in [5.74, 6) is -0.253. The Morgan fingerprint density at radius 2 is 2.32 bits per heavy atom. The minimum Gasteiger partial charge on any atom is -0.497 e. The summed E-state index contributed by atoms with van der Waals surface area (Å²) in [6, 6.07) is 5.69. The third-order valence-corrected chi connectivity index (χ3v) is 3.94. The number of fused-ring (bicyclic) bond motifs is 1. The highest BCUT2D eigenvalue weighted by Gasteiger charge is 2.25. The number of carbonyl (C=O) groups is 2. The van der Waals surface area contributed by atoms with E-state index in [-0.39, 0.29) is 0 Å². The van der Waals surface area contributed by atoms with Gasteiger partial charge in [0, 0.05) is 23.7 Å². The second kappa shape index (κ2) is 5.97. The number of benzene rings is 1. The quantitative estimate of drug-likeness (QED) is 0.574. The molecule has 0 atom stereocenters. The molecule has 0 unspecified atom stereocenters. The standard InChI is InChI=1S/C13H15NO4S/c1-17-10-3-4-11-9(7-10)8-14(5-6-19-11)12(15)13(16)18-2/h3-4,7H,5-6,8H2,1-2H3/i2T. The lowest BCUT2D eigenvalue weighted by atomic mass is 10.2. The van der Waals surface area contributed by atoms with Crippen molar-refractivity contribution in [2.24, 2.45) is 0 Å². The van der Waals surface area contributed by atoms with Crippen molar-refractivity contribution >= 4 is 23.6 Å². The normalized spacial score (nSPS) is 15.0. The zero-order valence-electron chi connectivity index (χ0n) is 11.5. The third-order valence-electron chi connectivity index (χ3n) is 2.84. The van der Waals surface area contributed by atoms with Crippen LogP contribution in [0.1, 0.15) is 6.93 Å². The molecule has 0 radical (unpaired) electrons. The molecule has 0 bridgehead atoms. The maximum absolute atomic E-state index is 11.9. The Kier molecular flexibility index (Phi) is 3.88. The average Bonchev–Trinajstić information content (AvgIpc) is 2.67. The van der Waals surface area contributed by atoms with Crippen LogP contribution in [0.4, 0.5) is 0 Å². The molecule has 1 aromatic rings. The summed E-state index contributed by atoms with van der Waals surface area (Å²) in [4.78, 5) is 25.9. The van der Waals surface area contributed by atoms with Gasteiger partial charge in [0.15, 0.2) is 0 Å². The molecule has 0 aromatic heterocycles. The summed E-state index contributed by atoms with van der Waals surface area (Å²) in [6.45, 7) is 0.805. The number of nitrogens with zero attached hydrogens (tertiary/aromatic N) is 1. The molecule has 0 saturated heterocycles. The molecule has 1 aromatic carbocycles. The Bertz CT molecular complexity index is 523. The van der Waals surface area contributed by atoms with E-state index in [1.165, 1.54) is 4.90 Å². The summed E-state index contributed by atoms with van der Waals surface area (Å²) in [5.41, 5.74) is 0.943. The minimum atomic E-state index is -0.976. The molecule has 0 saturated carbocycles. The summed E-state index contributed by atoms with van der Waals surface area (Å²) in [7, 11) is 1.04. The van der Waals surface area contributed by atoms with Crippen LogP contribution in [0.5, 0.6) is 5.75 Å². The fourth-order valence-corrected chi connectivity index (χ4v) is 2.87. The molecule has 0 spiro atoms. The van der Waals surface area contributed by atoms with Gasteiger partial charge in [-0.15, -0.1) is 11.8 Å². The first-order valence-electron chi connectivity index (χ1n) is 6.41. The number of esters is 1. The summed E-state index contributed by atoms with van der Waals surface area (Å²) in [6.07, 6.45) is 0. The summed E-state index contributed by atoms with van der Waals surface area (Å²) in [5, 5.41) is 0. The van der Waals surface area contributed by atoms with Gasteiger partial charge in [-0.05, 0) is 23.8 Å². The van der Waals surface area contributed by atoms with Crippen LogP contribution in [-0.2, 0) is 20.9 Å². The van der Waals surface area contributed by atoms with Crippen LogP contribution in [0, 0.1) is 0 Å². The zero-order chi connectivity index (χ0) is 14.5. The number of carbonyl (C=O) groups excluding carboxylic acids is 2. The molecule has 1 aliphatic heterocycles. The fraction of sp³-hybridized carbons (Fsp3) is 0.385. The minimum absolute atomic E-state index is 0.339. The molecule has 1 heterocycles. The summed E-state index contributed by atoms with van der Waals surface area (Å²) < 4.78 is 16.4. The zero-order valence-corrected chi connectivity index (χ0v) is 11.4. The fourth-order valence-electron chi connectivity index (χ4n) is 1.86. The van der Waals surface area contributed by atoms with E-state index in [0.717, 1.165) is 10.5 Å². The molecule has 5 nitrogen and oxygen atoms in total. The number of ether oxygens (including phenoxy) is 2. The van der Waals surface area contributed by atoms with Gasteiger partial charge in [-0.3, -0.25) is 4.79 Å². The number of methoxy groups -OCH3 is 2. The molecule has 0 fully saturated rings. The van der Waals surface area contributed by atoms with Crippen LogP contribution < -0.4 is 4.74 Å². The van der Waals surface area contributed by atoms with E-state index in [9.17, 15) is 9.59 Å². The van der Waals surface area contributed by atoms with Crippen molar-refractivity contribution in [2.45, 2.75) is 11.4 Å². The predicted molar refractivity (Wildman–Crippen MR) is 71.2 cm³/mol. The molecular formula is C13H15NO4S. The van der Waals surface area contributed by atoms with Crippen LogP contribution in [0.3, 0.4) is 0 Å². The van der Waals surface area contributed by atoms with Crippen molar-refractivity contribution in [1.82, 2.24) is 4.90 Å². The van der Waals surface area contributed by atoms with Gasteiger partial charge in [0.1, 0.15) is 5.75 Å². The van der Waals surface area contributed by atoms with Crippen molar-refractivity contribution < 1.29 is 20.4 Å². The van der Waals surface area contributed by atoms with Gasteiger partial charge in [-0.25, -0.2) is 4.79 Å². The Morgan fingerprint density at radius 3 is 3.05 bits per heavy atom. The van der Waals surface area contributed by atoms with E-state index in [4.69, 9.17) is 6.11 Å². The van der Waals surface area contributed by atoms with E-state index in [1.54, 1.807) is 18.9 Å². The number of hydrogen-bond acceptors (Lipinski definition) is 5. The predicted octanol–water partition coefficient (Wildman–Crippen LogP) is 1.30. The topological polar surface area (TPSA) is 55.8 Å². The van der Waals surface area contributed by atoms with Crippen molar-refractivity contribution in [2.75, 3.05) is 26.5 Å². The Morgan fingerprint density at radius 1 is 1.47 bits per heavy atom. The number of amides is 1. The van der Waals surface area contributed by atoms with Crippen molar-refractivity contribution in [3.63, 3.8) is 0 Å². The Hall–Kier alpha value is -1.69. The van der Waals surface area contributed by atoms with Gasteiger partial charge in [0.05, 0.1) is 15.6 Å². The maximum atomic E-state index is 11.9. The van der Waals surface area contributed by atoms with Gasteiger partial charge in [0.2, 0.25) is 0 Å². The maximum Gasteiger partial charge on any atom is 0.396 e. The smallest absolute Gasteiger partial charge is 0.396 e. The monoisotopic (exact) mass is 283 g/mol. The van der Waals surface area contributed by atoms with E-state index in [2.05, 4.69) is 4.74 Å². The molecule has 0 N–H and O–H groups in total. The van der Waals surface area contributed by atoms with Crippen LogP contribution in [-0.4, -0.2) is 43.3 Å². The van der Waals surface area contributed by atoms with E-state index in [0.29, 0.717) is 24.6 Å². The highest BCUT2D eigenvalue weighted by molar-refractivity contribution is 7.99. The van der Waals surface area contributed by atoms with Gasteiger partial charge < -0.3 is 14.4 Å². The van der Waals surface area contributed by atoms with Crippen LogP contribution >= 0.6 is 11.8 Å². The molecule has 0 aliphatic carbocycles. The Labute approximate surface area is 117 Å². The second-order valence-corrected chi connectivity index (χ2v) is 5.12. The number of thioether (sulfide) groups is 1. The average molecular weight is 283 g/mol. The first-order valence-corrected chi connectivity index (χ1v) is 6.69. The lowest BCUT2D eigenvalue weighted by Crippen LogP contribution is -2.37. The van der Waals surface area contributed by atoms with Gasteiger partial charge in [0.25, 0.3) is 0 Å². The molecule has 19 heavy (non-hydrogen) atoms. The Balaban J connectivity index is 2.18. The van der Waals surface area contributed by atoms with Crippen molar-refractivity contribution in [3.05, 3.63) is 23.8 Å². The molecule has 102 valence electrons. The highest BCUT2D eigenvalue weighted by Crippen LogP contribution is 2.30. The van der Waals surface area contributed by atoms with E-state index in [1.807, 2.05) is 18.2 Å². The first kappa shape index (κ1) is 12.3. The van der Waals surface area contributed by atoms with Gasteiger partial charge in [-0.1, -0.05) is 0 Å². The lowest BCUT2D eigenvalue weighted by Gasteiger charge is -2.19. The van der Waals surface area contributed by atoms with Crippen LogP contribution in [0.2, 0.25) is 0 Å². The van der Waals surface area contributed by atoms with E-state index >= 15 is 0 Å². The SMILES string of the molecule is [3H]COC(=O)C(=O)N1CCSc2ccc(OC)cc2C1. The first-order chi connectivity index (χ1) is 9.65. The van der Waals surface area contributed by atoms with E-state index < -0.39 is 19.0 Å². The van der Waals surface area contributed by atoms with Crippen molar-refractivity contribution in [1.29, 1.82) is 0 Å². The third kappa shape index (κ3) is 3.01. The largest absolute Gasteiger partial charge is 0.497 e. The second-order valence-electron chi connectivity index (χ2n) is 3.98. The van der Waals surface area contributed by atoms with Gasteiger partial charge in [-0.2, -0.15) is 0 Å². The molecule has 2 rings (SSSR count). The molecule has 1 aliphatic rings. The van der Waals surface area contributed by atoms with Crippen LogP contribution in [0.25, 0.3) is 0 Å². The molecule has 6 heteroatoms. The lowest BCUT2D eigenvalue weighted by molar-refractivity contribution is -0.158. The number of rotatable bonds is 1. The highest BCUT2D eigenvalue weighted by atomic mass is 32.2.